The van der Waals surface area contributed by atoms with Gasteiger partial charge in [0.1, 0.15) is 5.75 Å². The van der Waals surface area contributed by atoms with Crippen molar-refractivity contribution in [2.45, 2.75) is 13.8 Å². The van der Waals surface area contributed by atoms with Gasteiger partial charge in [0.05, 0.1) is 11.4 Å². The molecular formula is C17H13Cl2N3O2. The number of halogens is 2. The maximum atomic E-state index is 12.3. The summed E-state index contributed by atoms with van der Waals surface area (Å²) in [6.07, 6.45) is 0. The Morgan fingerprint density at radius 3 is 2.50 bits per heavy atom. The average Bonchev–Trinajstić information content (AvgIpc) is 2.94. The molecule has 0 amide bonds. The maximum absolute atomic E-state index is 12.3. The number of aromatic nitrogens is 3. The van der Waals surface area contributed by atoms with Crippen LogP contribution in [-0.4, -0.2) is 21.0 Å². The minimum atomic E-state index is -0.583. The van der Waals surface area contributed by atoms with E-state index in [1.165, 1.54) is 0 Å². The molecule has 3 aromatic rings. The number of nitrogens with zero attached hydrogens (tertiary/aromatic N) is 3. The van der Waals surface area contributed by atoms with E-state index in [2.05, 4.69) is 10.3 Å². The third-order valence-corrected chi connectivity index (χ3v) is 4.24. The SMILES string of the molecule is Cc1c(Cl)cccc1-n1nnc(C(=O)Oc2ccc(Cl)cc2)c1C. The van der Waals surface area contributed by atoms with Crippen LogP contribution in [0, 0.1) is 13.8 Å². The maximum Gasteiger partial charge on any atom is 0.366 e. The number of carbonyl (C=O) groups is 1. The number of hydrogen-bond acceptors (Lipinski definition) is 4. The fourth-order valence-corrected chi connectivity index (χ4v) is 2.53. The molecular weight excluding hydrogens is 349 g/mol. The minimum Gasteiger partial charge on any atom is -0.422 e. The van der Waals surface area contributed by atoms with Gasteiger partial charge >= 0.3 is 5.97 Å². The Morgan fingerprint density at radius 2 is 1.79 bits per heavy atom. The van der Waals surface area contributed by atoms with Crippen LogP contribution in [0.3, 0.4) is 0 Å². The van der Waals surface area contributed by atoms with Gasteiger partial charge in [-0.2, -0.15) is 0 Å². The van der Waals surface area contributed by atoms with E-state index >= 15 is 0 Å². The van der Waals surface area contributed by atoms with Gasteiger partial charge in [0.25, 0.3) is 0 Å². The van der Waals surface area contributed by atoms with Gasteiger partial charge < -0.3 is 4.74 Å². The quantitative estimate of drug-likeness (QED) is 0.512. The van der Waals surface area contributed by atoms with Crippen LogP contribution in [0.1, 0.15) is 21.7 Å². The lowest BCUT2D eigenvalue weighted by atomic mass is 10.2. The second kappa shape index (κ2) is 6.63. The standard InChI is InChI=1S/C17H13Cl2N3O2/c1-10-14(19)4-3-5-15(10)22-11(2)16(20-21-22)17(23)24-13-8-6-12(18)7-9-13/h3-9H,1-2H3. The molecule has 2 aromatic carbocycles. The molecule has 0 saturated carbocycles. The first-order valence-electron chi connectivity index (χ1n) is 7.13. The van der Waals surface area contributed by atoms with Gasteiger partial charge in [0.15, 0.2) is 5.69 Å². The summed E-state index contributed by atoms with van der Waals surface area (Å²) in [6, 6.07) is 12.0. The van der Waals surface area contributed by atoms with Gasteiger partial charge in [0, 0.05) is 10.0 Å². The van der Waals surface area contributed by atoms with Crippen LogP contribution in [0.2, 0.25) is 10.0 Å². The van der Waals surface area contributed by atoms with Gasteiger partial charge in [-0.25, -0.2) is 9.48 Å². The van der Waals surface area contributed by atoms with Crippen molar-refractivity contribution in [1.82, 2.24) is 15.0 Å². The summed E-state index contributed by atoms with van der Waals surface area (Å²) in [4.78, 5) is 12.3. The molecule has 5 nitrogen and oxygen atoms in total. The summed E-state index contributed by atoms with van der Waals surface area (Å²) in [7, 11) is 0. The lowest BCUT2D eigenvalue weighted by molar-refractivity contribution is 0.0727. The second-order valence-electron chi connectivity index (χ2n) is 5.16. The summed E-state index contributed by atoms with van der Waals surface area (Å²) in [5, 5.41) is 9.18. The van der Waals surface area contributed by atoms with Crippen molar-refractivity contribution in [3.8, 4) is 11.4 Å². The van der Waals surface area contributed by atoms with E-state index in [1.54, 1.807) is 41.9 Å². The van der Waals surface area contributed by atoms with Crippen LogP contribution >= 0.6 is 23.2 Å². The smallest absolute Gasteiger partial charge is 0.366 e. The molecule has 122 valence electrons. The molecule has 0 saturated heterocycles. The van der Waals surface area contributed by atoms with Gasteiger partial charge in [-0.05, 0) is 55.8 Å². The zero-order valence-electron chi connectivity index (χ0n) is 13.0. The molecule has 0 aliphatic carbocycles. The van der Waals surface area contributed by atoms with E-state index in [4.69, 9.17) is 27.9 Å². The number of esters is 1. The highest BCUT2D eigenvalue weighted by Crippen LogP contribution is 2.23. The fraction of sp³-hybridized carbons (Fsp3) is 0.118. The Morgan fingerprint density at radius 1 is 1.08 bits per heavy atom. The van der Waals surface area contributed by atoms with E-state index in [-0.39, 0.29) is 5.69 Å². The number of hydrogen-bond donors (Lipinski definition) is 0. The van der Waals surface area contributed by atoms with Crippen molar-refractivity contribution in [3.63, 3.8) is 0 Å². The lowest BCUT2D eigenvalue weighted by Gasteiger charge is -2.08. The largest absolute Gasteiger partial charge is 0.422 e. The zero-order valence-corrected chi connectivity index (χ0v) is 14.5. The Kier molecular flexibility index (Phi) is 4.55. The van der Waals surface area contributed by atoms with Crippen LogP contribution in [-0.2, 0) is 0 Å². The molecule has 0 aliphatic rings. The van der Waals surface area contributed by atoms with E-state index in [0.29, 0.717) is 21.5 Å². The molecule has 0 fully saturated rings. The highest BCUT2D eigenvalue weighted by Gasteiger charge is 2.20. The van der Waals surface area contributed by atoms with Crippen molar-refractivity contribution < 1.29 is 9.53 Å². The third-order valence-electron chi connectivity index (χ3n) is 3.58. The minimum absolute atomic E-state index is 0.143. The van der Waals surface area contributed by atoms with E-state index in [1.807, 2.05) is 19.1 Å². The van der Waals surface area contributed by atoms with Crippen molar-refractivity contribution in [3.05, 3.63) is 69.5 Å². The average molecular weight is 362 g/mol. The number of rotatable bonds is 3. The van der Waals surface area contributed by atoms with Crippen molar-refractivity contribution in [2.24, 2.45) is 0 Å². The Labute approximate surface area is 148 Å². The van der Waals surface area contributed by atoms with Crippen molar-refractivity contribution in [2.75, 3.05) is 0 Å². The van der Waals surface area contributed by atoms with E-state index < -0.39 is 5.97 Å². The number of benzene rings is 2. The third kappa shape index (κ3) is 3.13. The topological polar surface area (TPSA) is 57.0 Å². The molecule has 0 N–H and O–H groups in total. The van der Waals surface area contributed by atoms with Gasteiger partial charge in [-0.15, -0.1) is 5.10 Å². The van der Waals surface area contributed by atoms with E-state index in [9.17, 15) is 4.79 Å². The lowest BCUT2D eigenvalue weighted by Crippen LogP contribution is -2.11. The molecule has 3 rings (SSSR count). The Balaban J connectivity index is 1.91. The van der Waals surface area contributed by atoms with Crippen molar-refractivity contribution in [1.29, 1.82) is 0 Å². The summed E-state index contributed by atoms with van der Waals surface area (Å²) < 4.78 is 6.87. The number of ether oxygens (including phenoxy) is 1. The number of carbonyl (C=O) groups excluding carboxylic acids is 1. The zero-order chi connectivity index (χ0) is 17.3. The first kappa shape index (κ1) is 16.5. The van der Waals surface area contributed by atoms with Crippen LogP contribution in [0.25, 0.3) is 5.69 Å². The first-order valence-corrected chi connectivity index (χ1v) is 7.88. The molecule has 0 spiro atoms. The second-order valence-corrected chi connectivity index (χ2v) is 6.01. The van der Waals surface area contributed by atoms with Crippen LogP contribution in [0.15, 0.2) is 42.5 Å². The monoisotopic (exact) mass is 361 g/mol. The highest BCUT2D eigenvalue weighted by atomic mass is 35.5. The van der Waals surface area contributed by atoms with Gasteiger partial charge in [-0.1, -0.05) is 34.5 Å². The first-order chi connectivity index (χ1) is 11.5. The molecule has 0 unspecified atom stereocenters. The summed E-state index contributed by atoms with van der Waals surface area (Å²) in [5.41, 5.74) is 2.33. The highest BCUT2D eigenvalue weighted by molar-refractivity contribution is 6.31. The van der Waals surface area contributed by atoms with Crippen LogP contribution < -0.4 is 4.74 Å². The van der Waals surface area contributed by atoms with E-state index in [0.717, 1.165) is 11.3 Å². The molecule has 1 aromatic heterocycles. The Bertz CT molecular complexity index is 905. The molecule has 0 bridgehead atoms. The molecule has 0 radical (unpaired) electrons. The predicted octanol–water partition coefficient (Wildman–Crippen LogP) is 4.41. The van der Waals surface area contributed by atoms with Gasteiger partial charge in [0.2, 0.25) is 0 Å². The predicted molar refractivity (Wildman–Crippen MR) is 92.3 cm³/mol. The normalized spacial score (nSPS) is 10.7. The molecule has 7 heteroatoms. The van der Waals surface area contributed by atoms with Crippen LogP contribution in [0.4, 0.5) is 0 Å². The summed E-state index contributed by atoms with van der Waals surface area (Å²) >= 11 is 12.0. The molecule has 1 heterocycles. The molecule has 0 aliphatic heterocycles. The summed E-state index contributed by atoms with van der Waals surface area (Å²) in [5.74, 6) is -0.196. The van der Waals surface area contributed by atoms with Gasteiger partial charge in [-0.3, -0.25) is 0 Å². The van der Waals surface area contributed by atoms with Crippen molar-refractivity contribution >= 4 is 29.2 Å². The fourth-order valence-electron chi connectivity index (χ4n) is 2.23. The van der Waals surface area contributed by atoms with Crippen LogP contribution in [0.5, 0.6) is 5.75 Å². The summed E-state index contributed by atoms with van der Waals surface area (Å²) in [6.45, 7) is 3.63. The molecule has 0 atom stereocenters. The Hall–Kier alpha value is -2.37. The molecule has 24 heavy (non-hydrogen) atoms.